The zero-order chi connectivity index (χ0) is 26.0. The molecule has 196 valence electrons. The van der Waals surface area contributed by atoms with Gasteiger partial charge in [0.25, 0.3) is 5.56 Å². The molecule has 5 rings (SSSR count). The molecule has 0 saturated carbocycles. The highest BCUT2D eigenvalue weighted by molar-refractivity contribution is 5.18. The molecule has 2 aliphatic heterocycles. The first kappa shape index (κ1) is 25.6. The smallest absolute Gasteiger partial charge is 0.333 e. The standard InChI is InChI=1S/C28H32N2O7/c1-20-16-30(26(32)29(2)24(20)31)25-28(33-3)27(14-15-35-28,36-18-22-12-8-5-9-13-22)23(37-25)19-34-17-21-10-6-4-7-11-21/h4-13,16,23,25H,14-15,17-19H2,1-3H3. The SMILES string of the molecule is COC12OCCC1(OCc1ccccc1)C(COCc1ccccc1)OC2n1cc(C)c(=O)n(C)c1=O. The van der Waals surface area contributed by atoms with E-state index in [0.717, 1.165) is 15.7 Å². The van der Waals surface area contributed by atoms with Gasteiger partial charge in [0.1, 0.15) is 6.10 Å². The lowest BCUT2D eigenvalue weighted by atomic mass is 9.87. The van der Waals surface area contributed by atoms with E-state index in [9.17, 15) is 9.59 Å². The first-order chi connectivity index (χ1) is 17.9. The summed E-state index contributed by atoms with van der Waals surface area (Å²) in [5.41, 5.74) is 0.441. The fourth-order valence-electron chi connectivity index (χ4n) is 5.35. The minimum Gasteiger partial charge on any atom is -0.374 e. The van der Waals surface area contributed by atoms with Crippen molar-refractivity contribution in [3.05, 3.63) is 104 Å². The molecule has 4 atom stereocenters. The minimum atomic E-state index is -1.43. The second-order valence-corrected chi connectivity index (χ2v) is 9.48. The highest BCUT2D eigenvalue weighted by Crippen LogP contribution is 2.56. The second kappa shape index (κ2) is 10.4. The molecule has 2 aromatic carbocycles. The Balaban J connectivity index is 1.53. The Labute approximate surface area is 215 Å². The van der Waals surface area contributed by atoms with E-state index in [1.54, 1.807) is 6.92 Å². The summed E-state index contributed by atoms with van der Waals surface area (Å²) in [6, 6.07) is 19.7. The normalized spacial score (nSPS) is 26.9. The quantitative estimate of drug-likeness (QED) is 0.439. The summed E-state index contributed by atoms with van der Waals surface area (Å²) in [4.78, 5) is 25.6. The molecule has 0 N–H and O–H groups in total. The molecule has 2 fully saturated rings. The number of benzene rings is 2. The van der Waals surface area contributed by atoms with Crippen molar-refractivity contribution in [3.8, 4) is 0 Å². The number of nitrogens with zero attached hydrogens (tertiary/aromatic N) is 2. The highest BCUT2D eigenvalue weighted by atomic mass is 16.8. The zero-order valence-electron chi connectivity index (χ0n) is 21.3. The molecule has 4 unspecified atom stereocenters. The van der Waals surface area contributed by atoms with Crippen LogP contribution < -0.4 is 11.2 Å². The molecule has 2 saturated heterocycles. The van der Waals surface area contributed by atoms with Crippen LogP contribution in [-0.2, 0) is 43.9 Å². The third-order valence-corrected chi connectivity index (χ3v) is 7.28. The Morgan fingerprint density at radius 3 is 2.30 bits per heavy atom. The van der Waals surface area contributed by atoms with Gasteiger partial charge in [-0.1, -0.05) is 60.7 Å². The van der Waals surface area contributed by atoms with E-state index in [0.29, 0.717) is 31.8 Å². The second-order valence-electron chi connectivity index (χ2n) is 9.48. The fourth-order valence-corrected chi connectivity index (χ4v) is 5.35. The number of hydrogen-bond acceptors (Lipinski definition) is 7. The Kier molecular flexibility index (Phi) is 7.15. The lowest BCUT2D eigenvalue weighted by Gasteiger charge is -2.40. The molecular weight excluding hydrogens is 476 g/mol. The van der Waals surface area contributed by atoms with E-state index < -0.39 is 29.4 Å². The molecule has 0 aliphatic carbocycles. The van der Waals surface area contributed by atoms with E-state index >= 15 is 0 Å². The van der Waals surface area contributed by atoms with E-state index in [-0.39, 0.29) is 12.2 Å². The third-order valence-electron chi connectivity index (χ3n) is 7.28. The Hall–Kier alpha value is -3.08. The maximum absolute atomic E-state index is 13.2. The van der Waals surface area contributed by atoms with Crippen LogP contribution >= 0.6 is 0 Å². The van der Waals surface area contributed by atoms with Gasteiger partial charge in [-0.25, -0.2) is 4.79 Å². The van der Waals surface area contributed by atoms with Crippen molar-refractivity contribution in [3.63, 3.8) is 0 Å². The molecule has 1 aromatic heterocycles. The van der Waals surface area contributed by atoms with Crippen LogP contribution in [0.1, 0.15) is 29.3 Å². The van der Waals surface area contributed by atoms with Gasteiger partial charge in [-0.15, -0.1) is 0 Å². The number of hydrogen-bond donors (Lipinski definition) is 0. The van der Waals surface area contributed by atoms with Crippen LogP contribution in [0.4, 0.5) is 0 Å². The van der Waals surface area contributed by atoms with Gasteiger partial charge >= 0.3 is 5.69 Å². The van der Waals surface area contributed by atoms with Gasteiger partial charge < -0.3 is 23.7 Å². The molecule has 0 amide bonds. The maximum atomic E-state index is 13.2. The molecule has 2 aliphatic rings. The van der Waals surface area contributed by atoms with Crippen molar-refractivity contribution in [2.75, 3.05) is 20.3 Å². The molecule has 37 heavy (non-hydrogen) atoms. The van der Waals surface area contributed by atoms with Crippen LogP contribution in [0.2, 0.25) is 0 Å². The first-order valence-corrected chi connectivity index (χ1v) is 12.3. The van der Waals surface area contributed by atoms with Crippen LogP contribution in [0.3, 0.4) is 0 Å². The van der Waals surface area contributed by atoms with Crippen LogP contribution in [-0.4, -0.2) is 46.9 Å². The summed E-state index contributed by atoms with van der Waals surface area (Å²) in [7, 11) is 2.97. The van der Waals surface area contributed by atoms with E-state index in [4.69, 9.17) is 23.7 Å². The number of methoxy groups -OCH3 is 1. The summed E-state index contributed by atoms with van der Waals surface area (Å²) < 4.78 is 34.0. The monoisotopic (exact) mass is 508 g/mol. The summed E-state index contributed by atoms with van der Waals surface area (Å²) in [6.07, 6.45) is 0.353. The number of ether oxygens (including phenoxy) is 5. The molecular formula is C28H32N2O7. The molecule has 9 nitrogen and oxygen atoms in total. The van der Waals surface area contributed by atoms with E-state index in [1.165, 1.54) is 24.9 Å². The van der Waals surface area contributed by atoms with Gasteiger partial charge in [-0.05, 0) is 18.1 Å². The average Bonchev–Trinajstić information content (AvgIpc) is 3.43. The van der Waals surface area contributed by atoms with Crippen molar-refractivity contribution >= 4 is 0 Å². The fraction of sp³-hybridized carbons (Fsp3) is 0.429. The highest BCUT2D eigenvalue weighted by Gasteiger charge is 2.73. The van der Waals surface area contributed by atoms with Crippen molar-refractivity contribution in [2.24, 2.45) is 7.05 Å². The Bertz CT molecular complexity index is 1340. The van der Waals surface area contributed by atoms with Crippen LogP contribution in [0.25, 0.3) is 0 Å². The lowest BCUT2D eigenvalue weighted by molar-refractivity contribution is -0.296. The number of fused-ring (bicyclic) bond motifs is 1. The molecule has 0 bridgehead atoms. The largest absolute Gasteiger partial charge is 0.374 e. The topological polar surface area (TPSA) is 90.2 Å². The molecule has 0 radical (unpaired) electrons. The summed E-state index contributed by atoms with van der Waals surface area (Å²) in [5, 5.41) is 0. The third kappa shape index (κ3) is 4.36. The molecule has 3 aromatic rings. The van der Waals surface area contributed by atoms with Gasteiger partial charge in [0.2, 0.25) is 5.79 Å². The van der Waals surface area contributed by atoms with Crippen LogP contribution in [0.5, 0.6) is 0 Å². The molecule has 9 heteroatoms. The maximum Gasteiger partial charge on any atom is 0.333 e. The van der Waals surface area contributed by atoms with E-state index in [1.807, 2.05) is 60.7 Å². The van der Waals surface area contributed by atoms with Gasteiger partial charge in [0.15, 0.2) is 11.8 Å². The summed E-state index contributed by atoms with van der Waals surface area (Å²) in [5.74, 6) is -1.43. The van der Waals surface area contributed by atoms with Gasteiger partial charge in [-0.3, -0.25) is 13.9 Å². The first-order valence-electron chi connectivity index (χ1n) is 12.3. The van der Waals surface area contributed by atoms with E-state index in [2.05, 4.69) is 0 Å². The Morgan fingerprint density at radius 2 is 1.65 bits per heavy atom. The number of aromatic nitrogens is 2. The Morgan fingerprint density at radius 1 is 1.00 bits per heavy atom. The van der Waals surface area contributed by atoms with Crippen molar-refractivity contribution in [1.82, 2.24) is 9.13 Å². The van der Waals surface area contributed by atoms with Crippen LogP contribution in [0, 0.1) is 6.92 Å². The average molecular weight is 509 g/mol. The van der Waals surface area contributed by atoms with Gasteiger partial charge in [0, 0.05) is 32.3 Å². The lowest BCUT2D eigenvalue weighted by Crippen LogP contribution is -2.59. The van der Waals surface area contributed by atoms with Gasteiger partial charge in [-0.2, -0.15) is 0 Å². The minimum absolute atomic E-state index is 0.189. The molecule has 3 heterocycles. The predicted octanol–water partition coefficient (Wildman–Crippen LogP) is 2.69. The predicted molar refractivity (Wildman–Crippen MR) is 135 cm³/mol. The number of aryl methyl sites for hydroxylation is 1. The summed E-state index contributed by atoms with van der Waals surface area (Å²) in [6.45, 7) is 2.87. The number of rotatable bonds is 9. The van der Waals surface area contributed by atoms with Crippen molar-refractivity contribution in [1.29, 1.82) is 0 Å². The molecule has 0 spiro atoms. The summed E-state index contributed by atoms with van der Waals surface area (Å²) >= 11 is 0. The zero-order valence-corrected chi connectivity index (χ0v) is 21.3. The van der Waals surface area contributed by atoms with Crippen molar-refractivity contribution < 1.29 is 23.7 Å². The van der Waals surface area contributed by atoms with Gasteiger partial charge in [0.05, 0.1) is 26.4 Å². The van der Waals surface area contributed by atoms with Crippen molar-refractivity contribution in [2.45, 2.75) is 50.3 Å². The van der Waals surface area contributed by atoms with Crippen LogP contribution in [0.15, 0.2) is 76.4 Å².